The first-order valence-electron chi connectivity index (χ1n) is 11.7. The standard InChI is InChI=1S/C28H23ClN4O4S/c1-38(36,37)15-14-17-6-11-20(12-7-17)33-26-22(25(32-33)27(30)34)13-9-18-8-10-19(16-23(18)26)31-28(35)21-4-2-3-5-24(21)29/h2-8,10-12,14-16H,9,13H2,1H3,(H2,30,34)(H,31,35)/b15-14+. The number of aryl methyl sites for hydroxylation is 1. The minimum absolute atomic E-state index is 0.192. The maximum absolute atomic E-state index is 12.9. The molecule has 3 N–H and O–H groups in total. The van der Waals surface area contributed by atoms with Crippen molar-refractivity contribution in [3.63, 3.8) is 0 Å². The highest BCUT2D eigenvalue weighted by atomic mass is 35.5. The number of hydrogen-bond acceptors (Lipinski definition) is 5. The van der Waals surface area contributed by atoms with Crippen molar-refractivity contribution in [2.75, 3.05) is 11.6 Å². The van der Waals surface area contributed by atoms with Gasteiger partial charge < -0.3 is 11.1 Å². The molecule has 2 amide bonds. The number of fused-ring (bicyclic) bond motifs is 3. The third kappa shape index (κ3) is 5.11. The Hall–Kier alpha value is -4.21. The Morgan fingerprint density at radius 1 is 1.05 bits per heavy atom. The van der Waals surface area contributed by atoms with Gasteiger partial charge in [0, 0.05) is 28.5 Å². The smallest absolute Gasteiger partial charge is 0.269 e. The number of rotatable bonds is 6. The summed E-state index contributed by atoms with van der Waals surface area (Å²) in [6.07, 6.45) is 3.90. The average Bonchev–Trinajstić information content (AvgIpc) is 3.28. The van der Waals surface area contributed by atoms with Crippen molar-refractivity contribution in [1.82, 2.24) is 9.78 Å². The number of aromatic nitrogens is 2. The van der Waals surface area contributed by atoms with Crippen molar-refractivity contribution >= 4 is 45.0 Å². The molecule has 10 heteroatoms. The number of anilines is 1. The Labute approximate surface area is 224 Å². The number of halogens is 1. The summed E-state index contributed by atoms with van der Waals surface area (Å²) in [5, 5.41) is 8.94. The molecule has 38 heavy (non-hydrogen) atoms. The summed E-state index contributed by atoms with van der Waals surface area (Å²) in [6, 6.07) is 19.5. The van der Waals surface area contributed by atoms with E-state index >= 15 is 0 Å². The van der Waals surface area contributed by atoms with E-state index in [2.05, 4.69) is 10.4 Å². The Kier molecular flexibility index (Phi) is 6.64. The summed E-state index contributed by atoms with van der Waals surface area (Å²) in [4.78, 5) is 25.1. The van der Waals surface area contributed by atoms with Crippen LogP contribution in [-0.2, 0) is 22.7 Å². The topological polar surface area (TPSA) is 124 Å². The number of benzene rings is 3. The molecular formula is C28H23ClN4O4S. The van der Waals surface area contributed by atoms with Crippen LogP contribution in [0, 0.1) is 0 Å². The highest BCUT2D eigenvalue weighted by molar-refractivity contribution is 7.93. The van der Waals surface area contributed by atoms with Crippen LogP contribution in [0.2, 0.25) is 5.02 Å². The number of carbonyl (C=O) groups excluding carboxylic acids is 2. The zero-order valence-corrected chi connectivity index (χ0v) is 21.9. The lowest BCUT2D eigenvalue weighted by molar-refractivity contribution is 0.0992. The summed E-state index contributed by atoms with van der Waals surface area (Å²) in [5.74, 6) is -0.963. The van der Waals surface area contributed by atoms with E-state index in [-0.39, 0.29) is 11.6 Å². The van der Waals surface area contributed by atoms with Crippen LogP contribution in [0.5, 0.6) is 0 Å². The fourth-order valence-corrected chi connectivity index (χ4v) is 5.10. The maximum Gasteiger partial charge on any atom is 0.269 e. The summed E-state index contributed by atoms with van der Waals surface area (Å²) < 4.78 is 24.6. The lowest BCUT2D eigenvalue weighted by Crippen LogP contribution is -2.15. The zero-order chi connectivity index (χ0) is 27.0. The van der Waals surface area contributed by atoms with E-state index in [1.165, 1.54) is 6.08 Å². The van der Waals surface area contributed by atoms with Gasteiger partial charge in [-0.3, -0.25) is 9.59 Å². The highest BCUT2D eigenvalue weighted by Gasteiger charge is 2.28. The van der Waals surface area contributed by atoms with Crippen LogP contribution >= 0.6 is 11.6 Å². The quantitative estimate of drug-likeness (QED) is 0.364. The van der Waals surface area contributed by atoms with E-state index in [4.69, 9.17) is 17.3 Å². The molecule has 0 radical (unpaired) electrons. The van der Waals surface area contributed by atoms with Gasteiger partial charge in [0.05, 0.1) is 22.0 Å². The zero-order valence-electron chi connectivity index (χ0n) is 20.3. The number of hydrogen-bond donors (Lipinski definition) is 2. The van der Waals surface area contributed by atoms with Crippen molar-refractivity contribution in [2.45, 2.75) is 12.8 Å². The molecule has 1 heterocycles. The van der Waals surface area contributed by atoms with Gasteiger partial charge in [-0.05, 0) is 66.4 Å². The first-order valence-corrected chi connectivity index (χ1v) is 14.0. The predicted octanol–water partition coefficient (Wildman–Crippen LogP) is 4.66. The molecule has 1 aliphatic rings. The summed E-state index contributed by atoms with van der Waals surface area (Å²) in [5.41, 5.74) is 11.5. The SMILES string of the molecule is CS(=O)(=O)/C=C/c1ccc(-n2nc(C(N)=O)c3c2-c2cc(NC(=O)c4ccccc4Cl)ccc2CC3)cc1. The Morgan fingerprint density at radius 2 is 1.79 bits per heavy atom. The van der Waals surface area contributed by atoms with E-state index in [0.29, 0.717) is 46.1 Å². The lowest BCUT2D eigenvalue weighted by atomic mass is 9.88. The number of amides is 2. The summed E-state index contributed by atoms with van der Waals surface area (Å²) in [6.45, 7) is 0. The highest BCUT2D eigenvalue weighted by Crippen LogP contribution is 2.38. The Morgan fingerprint density at radius 3 is 2.47 bits per heavy atom. The molecule has 0 spiro atoms. The minimum Gasteiger partial charge on any atom is -0.364 e. The lowest BCUT2D eigenvalue weighted by Gasteiger charge is -2.20. The number of nitrogens with zero attached hydrogens (tertiary/aromatic N) is 2. The molecule has 0 unspecified atom stereocenters. The van der Waals surface area contributed by atoms with Gasteiger partial charge >= 0.3 is 0 Å². The maximum atomic E-state index is 12.9. The van der Waals surface area contributed by atoms with E-state index in [0.717, 1.165) is 28.4 Å². The molecule has 0 aliphatic heterocycles. The molecule has 3 aromatic carbocycles. The van der Waals surface area contributed by atoms with Crippen molar-refractivity contribution in [3.8, 4) is 16.9 Å². The van der Waals surface area contributed by atoms with Gasteiger partial charge in [-0.15, -0.1) is 0 Å². The van der Waals surface area contributed by atoms with E-state index < -0.39 is 15.7 Å². The van der Waals surface area contributed by atoms with Crippen LogP contribution < -0.4 is 11.1 Å². The molecule has 8 nitrogen and oxygen atoms in total. The van der Waals surface area contributed by atoms with Crippen molar-refractivity contribution in [1.29, 1.82) is 0 Å². The summed E-state index contributed by atoms with van der Waals surface area (Å²) >= 11 is 6.19. The third-order valence-corrected chi connectivity index (χ3v) is 7.21. The molecule has 0 atom stereocenters. The predicted molar refractivity (Wildman–Crippen MR) is 148 cm³/mol. The van der Waals surface area contributed by atoms with E-state index in [1.807, 2.05) is 18.2 Å². The van der Waals surface area contributed by atoms with Gasteiger partial charge in [0.15, 0.2) is 15.5 Å². The largest absolute Gasteiger partial charge is 0.364 e. The normalized spacial score (nSPS) is 12.7. The van der Waals surface area contributed by atoms with E-state index in [1.54, 1.807) is 53.2 Å². The van der Waals surface area contributed by atoms with Crippen molar-refractivity contribution in [2.24, 2.45) is 5.73 Å². The van der Waals surface area contributed by atoms with Gasteiger partial charge in [0.25, 0.3) is 11.8 Å². The van der Waals surface area contributed by atoms with Gasteiger partial charge in [-0.1, -0.05) is 41.9 Å². The second kappa shape index (κ2) is 9.92. The molecule has 0 saturated heterocycles. The van der Waals surface area contributed by atoms with Crippen LogP contribution in [0.1, 0.15) is 37.5 Å². The first-order chi connectivity index (χ1) is 18.1. The van der Waals surface area contributed by atoms with Crippen LogP contribution in [0.25, 0.3) is 23.0 Å². The monoisotopic (exact) mass is 546 g/mol. The molecular weight excluding hydrogens is 524 g/mol. The fourth-order valence-electron chi connectivity index (χ4n) is 4.47. The number of primary amides is 1. The third-order valence-electron chi connectivity index (χ3n) is 6.25. The molecule has 4 aromatic rings. The average molecular weight is 547 g/mol. The van der Waals surface area contributed by atoms with Crippen LogP contribution in [0.15, 0.2) is 72.1 Å². The van der Waals surface area contributed by atoms with Crippen LogP contribution in [-0.4, -0.2) is 36.3 Å². The van der Waals surface area contributed by atoms with Crippen LogP contribution in [0.3, 0.4) is 0 Å². The van der Waals surface area contributed by atoms with Gasteiger partial charge in [-0.25, -0.2) is 13.1 Å². The van der Waals surface area contributed by atoms with Crippen molar-refractivity contribution in [3.05, 3.63) is 105 Å². The molecule has 0 fully saturated rings. The second-order valence-electron chi connectivity index (χ2n) is 8.98. The molecule has 192 valence electrons. The van der Waals surface area contributed by atoms with Gasteiger partial charge in [-0.2, -0.15) is 5.10 Å². The van der Waals surface area contributed by atoms with Crippen LogP contribution in [0.4, 0.5) is 5.69 Å². The molecule has 0 saturated carbocycles. The van der Waals surface area contributed by atoms with Gasteiger partial charge in [0.1, 0.15) is 0 Å². The number of nitrogens with two attached hydrogens (primary N) is 1. The summed E-state index contributed by atoms with van der Waals surface area (Å²) in [7, 11) is -3.26. The molecule has 1 aliphatic carbocycles. The molecule has 1 aromatic heterocycles. The number of sulfone groups is 1. The minimum atomic E-state index is -3.26. The fraction of sp³-hybridized carbons (Fsp3) is 0.107. The first kappa shape index (κ1) is 25.4. The molecule has 5 rings (SSSR count). The number of nitrogens with one attached hydrogen (secondary N) is 1. The van der Waals surface area contributed by atoms with Gasteiger partial charge in [0.2, 0.25) is 0 Å². The Balaban J connectivity index is 1.56. The van der Waals surface area contributed by atoms with E-state index in [9.17, 15) is 18.0 Å². The molecule has 0 bridgehead atoms. The Bertz CT molecular complexity index is 1720. The number of carbonyl (C=O) groups is 2. The van der Waals surface area contributed by atoms with Crippen molar-refractivity contribution < 1.29 is 18.0 Å². The second-order valence-corrected chi connectivity index (χ2v) is 11.3.